The van der Waals surface area contributed by atoms with Crippen LogP contribution in [0.25, 0.3) is 0 Å². The second kappa shape index (κ2) is 4.66. The third-order valence-corrected chi connectivity index (χ3v) is 4.99. The van der Waals surface area contributed by atoms with Crippen molar-refractivity contribution < 1.29 is 8.42 Å². The fourth-order valence-corrected chi connectivity index (χ4v) is 4.09. The molecule has 1 aliphatic heterocycles. The molecule has 0 aromatic heterocycles. The Labute approximate surface area is 102 Å². The van der Waals surface area contributed by atoms with Crippen molar-refractivity contribution in [3.63, 3.8) is 0 Å². The highest BCUT2D eigenvalue weighted by Gasteiger charge is 2.33. The molecule has 1 fully saturated rings. The Morgan fingerprint density at radius 2 is 2.00 bits per heavy atom. The number of nitrogens with zero attached hydrogens (tertiary/aromatic N) is 1. The summed E-state index contributed by atoms with van der Waals surface area (Å²) in [7, 11) is -3.11. The van der Waals surface area contributed by atoms with Gasteiger partial charge in [-0.1, -0.05) is 19.1 Å². The number of anilines is 1. The Morgan fingerprint density at radius 1 is 1.35 bits per heavy atom. The smallest absolute Gasteiger partial charge is 0.235 e. The number of benzene rings is 1. The minimum atomic E-state index is -3.11. The zero-order valence-corrected chi connectivity index (χ0v) is 10.8. The molecule has 0 bridgehead atoms. The highest BCUT2D eigenvalue weighted by Crippen LogP contribution is 2.26. The van der Waals surface area contributed by atoms with Gasteiger partial charge in [-0.05, 0) is 36.6 Å². The van der Waals surface area contributed by atoms with Crippen molar-refractivity contribution in [3.8, 4) is 0 Å². The van der Waals surface area contributed by atoms with E-state index in [1.54, 1.807) is 0 Å². The maximum absolute atomic E-state index is 11.9. The van der Waals surface area contributed by atoms with E-state index in [0.717, 1.165) is 17.7 Å². The van der Waals surface area contributed by atoms with Gasteiger partial charge in [0.1, 0.15) is 0 Å². The van der Waals surface area contributed by atoms with Crippen LogP contribution in [0, 0.1) is 5.92 Å². The molecular formula is C12H18N2O2S. The van der Waals surface area contributed by atoms with Crippen molar-refractivity contribution in [2.24, 2.45) is 11.7 Å². The zero-order valence-electron chi connectivity index (χ0n) is 9.96. The van der Waals surface area contributed by atoms with Gasteiger partial charge < -0.3 is 5.73 Å². The van der Waals surface area contributed by atoms with Crippen LogP contribution in [0.3, 0.4) is 0 Å². The SMILES string of the molecule is CC1CN(c2ccc(CCN)cc2)S(=O)(=O)C1. The van der Waals surface area contributed by atoms with Crippen molar-refractivity contribution in [1.29, 1.82) is 0 Å². The second-order valence-electron chi connectivity index (χ2n) is 4.62. The number of hydrogen-bond donors (Lipinski definition) is 1. The summed E-state index contributed by atoms with van der Waals surface area (Å²) in [6.07, 6.45) is 0.823. The van der Waals surface area contributed by atoms with E-state index in [4.69, 9.17) is 5.73 Å². The summed E-state index contributed by atoms with van der Waals surface area (Å²) in [5, 5.41) is 0. The van der Waals surface area contributed by atoms with Crippen LogP contribution in [-0.2, 0) is 16.4 Å². The van der Waals surface area contributed by atoms with Crippen molar-refractivity contribution in [3.05, 3.63) is 29.8 Å². The van der Waals surface area contributed by atoms with Crippen LogP contribution in [0.4, 0.5) is 5.69 Å². The van der Waals surface area contributed by atoms with Crippen LogP contribution in [0.2, 0.25) is 0 Å². The average Bonchev–Trinajstić information content (AvgIpc) is 2.53. The maximum atomic E-state index is 11.9. The molecule has 17 heavy (non-hydrogen) atoms. The lowest BCUT2D eigenvalue weighted by Crippen LogP contribution is -2.25. The lowest BCUT2D eigenvalue weighted by atomic mass is 10.1. The van der Waals surface area contributed by atoms with Gasteiger partial charge in [-0.25, -0.2) is 8.42 Å². The van der Waals surface area contributed by atoms with E-state index in [2.05, 4.69) is 0 Å². The third-order valence-electron chi connectivity index (χ3n) is 2.97. The van der Waals surface area contributed by atoms with Crippen molar-refractivity contribution in [1.82, 2.24) is 0 Å². The standard InChI is InChI=1S/C12H18N2O2S/c1-10-8-14(17(15,16)9-10)12-4-2-11(3-5-12)6-7-13/h2-5,10H,6-9,13H2,1H3. The van der Waals surface area contributed by atoms with Gasteiger partial charge in [0.25, 0.3) is 0 Å². The van der Waals surface area contributed by atoms with Gasteiger partial charge in [-0.2, -0.15) is 0 Å². The van der Waals surface area contributed by atoms with E-state index < -0.39 is 10.0 Å². The first-order valence-electron chi connectivity index (χ1n) is 5.82. The molecule has 2 N–H and O–H groups in total. The Kier molecular flexibility index (Phi) is 3.40. The summed E-state index contributed by atoms with van der Waals surface area (Å²) in [5.41, 5.74) is 7.37. The van der Waals surface area contributed by atoms with Gasteiger partial charge in [0.05, 0.1) is 11.4 Å². The highest BCUT2D eigenvalue weighted by molar-refractivity contribution is 7.93. The van der Waals surface area contributed by atoms with Crippen LogP contribution in [0.15, 0.2) is 24.3 Å². The lowest BCUT2D eigenvalue weighted by Gasteiger charge is -2.17. The van der Waals surface area contributed by atoms with E-state index in [-0.39, 0.29) is 11.7 Å². The van der Waals surface area contributed by atoms with Crippen LogP contribution in [0.1, 0.15) is 12.5 Å². The number of sulfonamides is 1. The van der Waals surface area contributed by atoms with Crippen molar-refractivity contribution >= 4 is 15.7 Å². The van der Waals surface area contributed by atoms with Crippen LogP contribution < -0.4 is 10.0 Å². The number of hydrogen-bond acceptors (Lipinski definition) is 3. The quantitative estimate of drug-likeness (QED) is 0.874. The minimum absolute atomic E-state index is 0.198. The predicted molar refractivity (Wildman–Crippen MR) is 69.5 cm³/mol. The Balaban J connectivity index is 2.23. The van der Waals surface area contributed by atoms with Crippen LogP contribution in [-0.4, -0.2) is 27.3 Å². The summed E-state index contributed by atoms with van der Waals surface area (Å²) in [6.45, 7) is 3.15. The van der Waals surface area contributed by atoms with Gasteiger partial charge >= 0.3 is 0 Å². The lowest BCUT2D eigenvalue weighted by molar-refractivity contribution is 0.598. The molecule has 1 aromatic carbocycles. The van der Waals surface area contributed by atoms with Gasteiger partial charge in [0, 0.05) is 6.54 Å². The molecule has 1 saturated heterocycles. The molecular weight excluding hydrogens is 236 g/mol. The van der Waals surface area contributed by atoms with E-state index >= 15 is 0 Å². The van der Waals surface area contributed by atoms with Gasteiger partial charge in [0.2, 0.25) is 10.0 Å². The molecule has 0 radical (unpaired) electrons. The highest BCUT2D eigenvalue weighted by atomic mass is 32.2. The summed E-state index contributed by atoms with van der Waals surface area (Å²) in [4.78, 5) is 0. The van der Waals surface area contributed by atoms with Crippen molar-refractivity contribution in [2.45, 2.75) is 13.3 Å². The molecule has 2 rings (SSSR count). The first-order valence-corrected chi connectivity index (χ1v) is 7.43. The average molecular weight is 254 g/mol. The molecule has 1 aliphatic rings. The van der Waals surface area contributed by atoms with E-state index in [1.807, 2.05) is 31.2 Å². The summed E-state index contributed by atoms with van der Waals surface area (Å²) in [5.74, 6) is 0.445. The summed E-state index contributed by atoms with van der Waals surface area (Å²) < 4.78 is 25.3. The Hall–Kier alpha value is -1.07. The molecule has 1 unspecified atom stereocenters. The van der Waals surface area contributed by atoms with E-state index in [9.17, 15) is 8.42 Å². The fraction of sp³-hybridized carbons (Fsp3) is 0.500. The molecule has 1 aromatic rings. The Morgan fingerprint density at radius 3 is 2.47 bits per heavy atom. The predicted octanol–water partition coefficient (Wildman–Crippen LogP) is 0.974. The Bertz CT molecular complexity index is 482. The molecule has 1 heterocycles. The number of nitrogens with two attached hydrogens (primary N) is 1. The second-order valence-corrected chi connectivity index (χ2v) is 6.56. The van der Waals surface area contributed by atoms with E-state index in [0.29, 0.717) is 13.1 Å². The van der Waals surface area contributed by atoms with E-state index in [1.165, 1.54) is 4.31 Å². The topological polar surface area (TPSA) is 63.4 Å². The molecule has 0 aliphatic carbocycles. The molecule has 94 valence electrons. The minimum Gasteiger partial charge on any atom is -0.330 e. The molecule has 4 nitrogen and oxygen atoms in total. The fourth-order valence-electron chi connectivity index (χ4n) is 2.16. The monoisotopic (exact) mass is 254 g/mol. The van der Waals surface area contributed by atoms with Crippen molar-refractivity contribution in [2.75, 3.05) is 23.1 Å². The molecule has 0 amide bonds. The first-order chi connectivity index (χ1) is 8.03. The van der Waals surface area contributed by atoms with Crippen LogP contribution >= 0.6 is 0 Å². The molecule has 5 heteroatoms. The van der Waals surface area contributed by atoms with Gasteiger partial charge in [-0.15, -0.1) is 0 Å². The van der Waals surface area contributed by atoms with Crippen LogP contribution in [0.5, 0.6) is 0 Å². The molecule has 0 saturated carbocycles. The van der Waals surface area contributed by atoms with Gasteiger partial charge in [0.15, 0.2) is 0 Å². The number of rotatable bonds is 3. The maximum Gasteiger partial charge on any atom is 0.235 e. The molecule has 0 spiro atoms. The largest absolute Gasteiger partial charge is 0.330 e. The van der Waals surface area contributed by atoms with Gasteiger partial charge in [-0.3, -0.25) is 4.31 Å². The zero-order chi connectivity index (χ0) is 12.5. The third kappa shape index (κ3) is 2.61. The molecule has 1 atom stereocenters. The summed E-state index contributed by atoms with van der Waals surface area (Å²) in [6, 6.07) is 7.61. The first kappa shape index (κ1) is 12.4. The summed E-state index contributed by atoms with van der Waals surface area (Å²) >= 11 is 0. The normalized spacial score (nSPS) is 22.9.